The minimum Gasteiger partial charge on any atom is -0.490 e. The molecule has 0 radical (unpaired) electrons. The number of ether oxygens (including phenoxy) is 8. The molecule has 0 saturated carbocycles. The van der Waals surface area contributed by atoms with Gasteiger partial charge in [-0.2, -0.15) is 0 Å². The lowest BCUT2D eigenvalue weighted by molar-refractivity contribution is 0.262. The zero-order chi connectivity index (χ0) is 58.0. The first-order valence-electron chi connectivity index (χ1n) is 30.6. The number of amidine groups is 4. The van der Waals surface area contributed by atoms with E-state index in [2.05, 4.69) is 55.4 Å². The Morgan fingerprint density at radius 3 is 0.783 bits per heavy atom. The quantitative estimate of drug-likeness (QED) is 0.0229. The van der Waals surface area contributed by atoms with Gasteiger partial charge in [0.2, 0.25) is 0 Å². The minimum absolute atomic E-state index is 0.376. The van der Waals surface area contributed by atoms with Gasteiger partial charge in [-0.05, 0) is 99.9 Å². The molecule has 16 nitrogen and oxygen atoms in total. The summed E-state index contributed by atoms with van der Waals surface area (Å²) in [5.41, 5.74) is 3.58. The number of hydrogen-bond donors (Lipinski definition) is 0. The molecule has 4 aliphatic heterocycles. The van der Waals surface area contributed by atoms with Gasteiger partial charge in [0, 0.05) is 43.8 Å². The number of nitrogens with zero attached hydrogens (tertiary/aromatic N) is 8. The molecule has 6 aromatic rings. The molecule has 442 valence electrons. The number of aromatic nitrogens is 2. The van der Waals surface area contributed by atoms with Crippen LogP contribution in [0.15, 0.2) is 78.5 Å². The van der Waals surface area contributed by atoms with Gasteiger partial charge in [-0.15, -0.1) is 0 Å². The predicted octanol–water partition coefficient (Wildman–Crippen LogP) is 15.3. The van der Waals surface area contributed by atoms with E-state index in [4.69, 9.17) is 90.0 Å². The SMILES string of the molecule is CCCCOc1cc2c(cc1OCCCC)C1=Nc3c4cc(OCCCC)c(OCCCC)cc4c4n3[Si](Cl)(Cl)n3c(c5cc(OCCCC)c(OCCCC)cc5c3=NC3=NC(=N4)c4cc(OCCCC)c(OCCCC)cc43)=NC2=N1. The molecule has 0 amide bonds. The smallest absolute Gasteiger partial charge is 0.483 e. The molecule has 0 atom stereocenters. The van der Waals surface area contributed by atoms with Crippen molar-refractivity contribution < 1.29 is 37.9 Å². The molecule has 10 rings (SSSR count). The second-order valence-electron chi connectivity index (χ2n) is 21.4. The molecule has 4 aromatic carbocycles. The number of halogens is 2. The van der Waals surface area contributed by atoms with Crippen LogP contribution < -0.4 is 48.9 Å². The summed E-state index contributed by atoms with van der Waals surface area (Å²) < 4.78 is 56.6. The maximum Gasteiger partial charge on any atom is 0.483 e. The third-order valence-corrected chi connectivity index (χ3v) is 18.9. The van der Waals surface area contributed by atoms with Gasteiger partial charge >= 0.3 is 7.02 Å². The van der Waals surface area contributed by atoms with Gasteiger partial charge in [-0.3, -0.25) is 8.47 Å². The van der Waals surface area contributed by atoms with E-state index in [1.807, 2.05) is 57.0 Å². The van der Waals surface area contributed by atoms with E-state index in [9.17, 15) is 0 Å². The van der Waals surface area contributed by atoms with E-state index in [-0.39, 0.29) is 0 Å². The van der Waals surface area contributed by atoms with Crippen molar-refractivity contribution >= 4 is 85.7 Å². The summed E-state index contributed by atoms with van der Waals surface area (Å²) in [5.74, 6) is 6.91. The second kappa shape index (κ2) is 27.4. The van der Waals surface area contributed by atoms with E-state index < -0.39 is 7.02 Å². The van der Waals surface area contributed by atoms with Crippen molar-refractivity contribution in [2.75, 3.05) is 52.9 Å². The standard InChI is InChI=1S/C64H80Cl2N8O8Si/c1-9-17-25-75-49-33-41-42(34-50(49)76-26-18-10-2)58-67-57(41)69-61-45-37-53(79-29-21-13-5)54(80-30-22-14-6)38-46(45)63-71-59-43-35-51(77-27-19-11-3)52(78-28-20-12-4)36-44(43)60(68-59)72-64-48-40-56(82-32-24-16-8)55(81-31-23-15-7)39-47(48)62(70-58)74(64)83(65,66)73(61)63/h33-40H,9-32H2,1-8H3. The highest BCUT2D eigenvalue weighted by atomic mass is 35.7. The number of rotatable bonds is 32. The third kappa shape index (κ3) is 12.4. The zero-order valence-corrected chi connectivity index (χ0v) is 52.2. The van der Waals surface area contributed by atoms with E-state index in [1.54, 1.807) is 0 Å². The third-order valence-electron chi connectivity index (χ3n) is 15.0. The molecule has 4 aliphatic rings. The first kappa shape index (κ1) is 59.6. The van der Waals surface area contributed by atoms with Crippen LogP contribution in [-0.4, -0.2) is 91.7 Å². The summed E-state index contributed by atoms with van der Waals surface area (Å²) in [5, 5.41) is 2.63. The van der Waals surface area contributed by atoms with Crippen LogP contribution >= 0.6 is 22.2 Å². The van der Waals surface area contributed by atoms with Crippen molar-refractivity contribution in [3.8, 4) is 46.0 Å². The number of aliphatic imine (C=N–C) groups is 4. The summed E-state index contributed by atoms with van der Waals surface area (Å²) >= 11 is 17.0. The minimum atomic E-state index is -4.44. The fraction of sp³-hybridized carbons (Fsp3) is 0.500. The normalized spacial score (nSPS) is 14.2. The van der Waals surface area contributed by atoms with Gasteiger partial charge in [0.05, 0.1) is 52.9 Å². The van der Waals surface area contributed by atoms with Crippen molar-refractivity contribution in [1.82, 2.24) is 8.47 Å². The second-order valence-corrected chi connectivity index (χ2v) is 27.1. The topological polar surface area (TPSA) is 158 Å². The molecule has 0 unspecified atom stereocenters. The first-order chi connectivity index (χ1) is 40.6. The van der Waals surface area contributed by atoms with Crippen molar-refractivity contribution in [3.63, 3.8) is 0 Å². The van der Waals surface area contributed by atoms with Gasteiger partial charge in [0.1, 0.15) is 22.6 Å². The van der Waals surface area contributed by atoms with Gasteiger partial charge in [-0.1, -0.05) is 129 Å². The number of benzene rings is 4. The lowest BCUT2D eigenvalue weighted by atomic mass is 10.1. The summed E-state index contributed by atoms with van der Waals surface area (Å²) in [6.07, 6.45) is 14.4. The molecule has 19 heteroatoms. The highest BCUT2D eigenvalue weighted by Crippen LogP contribution is 2.49. The maximum absolute atomic E-state index is 8.52. The van der Waals surface area contributed by atoms with Crippen LogP contribution in [0, 0.1) is 0 Å². The lowest BCUT2D eigenvalue weighted by Gasteiger charge is -2.24. The van der Waals surface area contributed by atoms with Crippen LogP contribution in [0.4, 0.5) is 11.6 Å². The molecule has 83 heavy (non-hydrogen) atoms. The number of hydrogen-bond acceptors (Lipinski definition) is 14. The summed E-state index contributed by atoms with van der Waals surface area (Å²) in [6.45, 7) is 21.1. The fourth-order valence-electron chi connectivity index (χ4n) is 10.2. The Hall–Kier alpha value is -6.56. The van der Waals surface area contributed by atoms with Crippen molar-refractivity contribution in [3.05, 3.63) is 81.8 Å². The Morgan fingerprint density at radius 2 is 0.530 bits per heavy atom. The Kier molecular flexibility index (Phi) is 19.7. The molecule has 0 N–H and O–H groups in total. The van der Waals surface area contributed by atoms with Gasteiger partial charge in [0.25, 0.3) is 0 Å². The maximum atomic E-state index is 8.52. The molecule has 0 saturated heterocycles. The van der Waals surface area contributed by atoms with Crippen molar-refractivity contribution in [1.29, 1.82) is 0 Å². The average Bonchev–Trinajstić information content (AvgIpc) is 2.31. The van der Waals surface area contributed by atoms with Crippen molar-refractivity contribution in [2.45, 2.75) is 158 Å². The molecule has 6 heterocycles. The first-order valence-corrected chi connectivity index (χ1v) is 34.5. The largest absolute Gasteiger partial charge is 0.490 e. The summed E-state index contributed by atoms with van der Waals surface area (Å²) in [4.78, 5) is 33.2. The van der Waals surface area contributed by atoms with Crippen molar-refractivity contribution in [2.24, 2.45) is 30.0 Å². The highest BCUT2D eigenvalue weighted by molar-refractivity contribution is 7.44. The lowest BCUT2D eigenvalue weighted by Crippen LogP contribution is -2.51. The highest BCUT2D eigenvalue weighted by Gasteiger charge is 2.46. The van der Waals surface area contributed by atoms with Crippen LogP contribution in [0.5, 0.6) is 46.0 Å². The molecule has 0 aliphatic carbocycles. The van der Waals surface area contributed by atoms with Gasteiger partial charge < -0.3 is 37.9 Å². The predicted molar refractivity (Wildman–Crippen MR) is 336 cm³/mol. The number of unbranched alkanes of at least 4 members (excludes halogenated alkanes) is 8. The Balaban J connectivity index is 1.38. The van der Waals surface area contributed by atoms with Crippen LogP contribution in [0.1, 0.15) is 180 Å². The monoisotopic (exact) mass is 1190 g/mol. The Morgan fingerprint density at radius 1 is 0.301 bits per heavy atom. The van der Waals surface area contributed by atoms with Crippen LogP contribution in [0.3, 0.4) is 0 Å². The number of fused-ring (bicyclic) bond motifs is 14. The molecule has 6 bridgehead atoms. The summed E-state index contributed by atoms with van der Waals surface area (Å²) in [6, 6.07) is 15.9. The van der Waals surface area contributed by atoms with E-state index >= 15 is 0 Å². The molecular formula is C64H80Cl2N8O8Si. The fourth-order valence-corrected chi connectivity index (χ4v) is 14.0. The average molecular weight is 1190 g/mol. The summed E-state index contributed by atoms with van der Waals surface area (Å²) in [7, 11) is -4.44. The van der Waals surface area contributed by atoms with E-state index in [0.29, 0.717) is 189 Å². The molecule has 0 spiro atoms. The molecular weight excluding hydrogens is 1110 g/mol. The van der Waals surface area contributed by atoms with Gasteiger partial charge in [0.15, 0.2) is 69.3 Å². The Labute approximate surface area is 498 Å². The molecule has 0 fully saturated rings. The Bertz CT molecular complexity index is 3390. The van der Waals surface area contributed by atoms with E-state index in [1.165, 1.54) is 0 Å². The van der Waals surface area contributed by atoms with Crippen LogP contribution in [0.2, 0.25) is 0 Å². The van der Waals surface area contributed by atoms with E-state index in [0.717, 1.165) is 103 Å². The molecule has 2 aromatic heterocycles. The van der Waals surface area contributed by atoms with Crippen LogP contribution in [0.25, 0.3) is 21.5 Å². The van der Waals surface area contributed by atoms with Crippen LogP contribution in [-0.2, 0) is 0 Å². The zero-order valence-electron chi connectivity index (χ0n) is 49.7. The van der Waals surface area contributed by atoms with Gasteiger partial charge in [-0.25, -0.2) is 30.0 Å².